The fourth-order valence-electron chi connectivity index (χ4n) is 4.00. The zero-order chi connectivity index (χ0) is 20.4. The minimum Gasteiger partial charge on any atom is -0.494 e. The molecule has 0 saturated carbocycles. The molecule has 6 nitrogen and oxygen atoms in total. The van der Waals surface area contributed by atoms with Gasteiger partial charge in [0.25, 0.3) is 5.91 Å². The monoisotopic (exact) mass is 413 g/mol. The van der Waals surface area contributed by atoms with Crippen LogP contribution >= 0.6 is 11.6 Å². The number of halogens is 1. The van der Waals surface area contributed by atoms with Crippen molar-refractivity contribution in [2.24, 2.45) is 0 Å². The highest BCUT2D eigenvalue weighted by Gasteiger charge is 2.43. The lowest BCUT2D eigenvalue weighted by Gasteiger charge is -2.38. The van der Waals surface area contributed by atoms with Gasteiger partial charge in [-0.25, -0.2) is 4.90 Å². The van der Waals surface area contributed by atoms with E-state index in [0.29, 0.717) is 18.0 Å². The second-order valence-corrected chi connectivity index (χ2v) is 7.65. The molecule has 2 amide bonds. The quantitative estimate of drug-likeness (QED) is 0.704. The van der Waals surface area contributed by atoms with E-state index in [2.05, 4.69) is 9.80 Å². The predicted molar refractivity (Wildman–Crippen MR) is 114 cm³/mol. The lowest BCUT2D eigenvalue weighted by Crippen LogP contribution is -2.52. The van der Waals surface area contributed by atoms with E-state index in [4.69, 9.17) is 16.3 Å². The first kappa shape index (κ1) is 19.7. The van der Waals surface area contributed by atoms with E-state index in [1.165, 1.54) is 4.90 Å². The standard InChI is InChI=1S/C22H24ClN3O3/c1-2-29-19-5-3-4-18(14-19)26-21(27)15-20(22(26)28)25-12-10-24(11-13-25)17-8-6-16(23)7-9-17/h3-9,14,20H,2,10-13,15H2,1H3/t20-/m1/s1. The number of rotatable bonds is 5. The van der Waals surface area contributed by atoms with E-state index in [0.717, 1.165) is 36.9 Å². The number of benzene rings is 2. The maximum Gasteiger partial charge on any atom is 0.251 e. The number of hydrogen-bond donors (Lipinski definition) is 0. The summed E-state index contributed by atoms with van der Waals surface area (Å²) < 4.78 is 5.51. The van der Waals surface area contributed by atoms with Gasteiger partial charge >= 0.3 is 0 Å². The molecule has 2 heterocycles. The highest BCUT2D eigenvalue weighted by atomic mass is 35.5. The van der Waals surface area contributed by atoms with Crippen LogP contribution < -0.4 is 14.5 Å². The Bertz CT molecular complexity index is 894. The summed E-state index contributed by atoms with van der Waals surface area (Å²) in [6.45, 7) is 5.52. The smallest absolute Gasteiger partial charge is 0.251 e. The highest BCUT2D eigenvalue weighted by molar-refractivity contribution is 6.30. The van der Waals surface area contributed by atoms with Crippen LogP contribution in [0.2, 0.25) is 5.02 Å². The van der Waals surface area contributed by atoms with E-state index in [-0.39, 0.29) is 18.2 Å². The molecule has 2 aliphatic heterocycles. The Morgan fingerprint density at radius 1 is 1.00 bits per heavy atom. The van der Waals surface area contributed by atoms with Crippen molar-refractivity contribution in [2.45, 2.75) is 19.4 Å². The van der Waals surface area contributed by atoms with Gasteiger partial charge in [0.1, 0.15) is 5.75 Å². The van der Waals surface area contributed by atoms with Gasteiger partial charge in [-0.15, -0.1) is 0 Å². The Balaban J connectivity index is 1.43. The van der Waals surface area contributed by atoms with Gasteiger partial charge in [0.15, 0.2) is 0 Å². The van der Waals surface area contributed by atoms with Crippen LogP contribution in [-0.2, 0) is 9.59 Å². The molecule has 0 spiro atoms. The average Bonchev–Trinajstić information content (AvgIpc) is 3.03. The van der Waals surface area contributed by atoms with Gasteiger partial charge in [-0.3, -0.25) is 14.5 Å². The molecule has 2 fully saturated rings. The zero-order valence-corrected chi connectivity index (χ0v) is 17.1. The summed E-state index contributed by atoms with van der Waals surface area (Å²) >= 11 is 5.97. The SMILES string of the molecule is CCOc1cccc(N2C(=O)C[C@@H](N3CCN(c4ccc(Cl)cc4)CC3)C2=O)c1. The molecule has 0 bridgehead atoms. The highest BCUT2D eigenvalue weighted by Crippen LogP contribution is 2.29. The maximum atomic E-state index is 13.1. The van der Waals surface area contributed by atoms with Gasteiger partial charge in [0, 0.05) is 43.0 Å². The van der Waals surface area contributed by atoms with Crippen molar-refractivity contribution in [3.63, 3.8) is 0 Å². The number of anilines is 2. The molecular weight excluding hydrogens is 390 g/mol. The van der Waals surface area contributed by atoms with Crippen LogP contribution in [0.15, 0.2) is 48.5 Å². The summed E-state index contributed by atoms with van der Waals surface area (Å²) in [7, 11) is 0. The second-order valence-electron chi connectivity index (χ2n) is 7.22. The largest absolute Gasteiger partial charge is 0.494 e. The van der Waals surface area contributed by atoms with Crippen LogP contribution in [0.3, 0.4) is 0 Å². The Hall–Kier alpha value is -2.57. The van der Waals surface area contributed by atoms with E-state index in [1.807, 2.05) is 37.3 Å². The summed E-state index contributed by atoms with van der Waals surface area (Å²) in [6.07, 6.45) is 0.221. The van der Waals surface area contributed by atoms with Crippen LogP contribution in [0.5, 0.6) is 5.75 Å². The van der Waals surface area contributed by atoms with Gasteiger partial charge in [-0.05, 0) is 43.3 Å². The molecule has 0 unspecified atom stereocenters. The number of hydrogen-bond acceptors (Lipinski definition) is 5. The van der Waals surface area contributed by atoms with Crippen molar-refractivity contribution in [3.05, 3.63) is 53.6 Å². The molecule has 7 heteroatoms. The molecule has 0 N–H and O–H groups in total. The molecule has 2 aromatic rings. The second kappa shape index (κ2) is 8.43. The molecule has 0 aromatic heterocycles. The van der Waals surface area contributed by atoms with Crippen LogP contribution in [0.1, 0.15) is 13.3 Å². The summed E-state index contributed by atoms with van der Waals surface area (Å²) in [5.41, 5.74) is 1.70. The molecule has 2 aromatic carbocycles. The van der Waals surface area contributed by atoms with Gasteiger partial charge in [0.2, 0.25) is 5.91 Å². The van der Waals surface area contributed by atoms with Crippen molar-refractivity contribution >= 4 is 34.8 Å². The first-order chi connectivity index (χ1) is 14.1. The minimum absolute atomic E-state index is 0.149. The summed E-state index contributed by atoms with van der Waals surface area (Å²) in [5, 5.41) is 0.718. The van der Waals surface area contributed by atoms with Crippen molar-refractivity contribution in [2.75, 3.05) is 42.6 Å². The number of carbonyl (C=O) groups excluding carboxylic acids is 2. The van der Waals surface area contributed by atoms with E-state index < -0.39 is 6.04 Å². The lowest BCUT2D eigenvalue weighted by atomic mass is 10.1. The molecule has 0 radical (unpaired) electrons. The summed E-state index contributed by atoms with van der Waals surface area (Å²) in [5.74, 6) is 0.350. The fourth-order valence-corrected chi connectivity index (χ4v) is 4.12. The molecule has 2 saturated heterocycles. The van der Waals surface area contributed by atoms with Crippen LogP contribution in [0.25, 0.3) is 0 Å². The van der Waals surface area contributed by atoms with Crippen molar-refractivity contribution in [1.29, 1.82) is 0 Å². The van der Waals surface area contributed by atoms with E-state index >= 15 is 0 Å². The first-order valence-corrected chi connectivity index (χ1v) is 10.3. The summed E-state index contributed by atoms with van der Waals surface area (Å²) in [6, 6.07) is 14.5. The summed E-state index contributed by atoms with van der Waals surface area (Å²) in [4.78, 5) is 31.4. The van der Waals surface area contributed by atoms with Crippen molar-refractivity contribution < 1.29 is 14.3 Å². The maximum absolute atomic E-state index is 13.1. The molecule has 1 atom stereocenters. The van der Waals surface area contributed by atoms with E-state index in [1.54, 1.807) is 18.2 Å². The molecule has 152 valence electrons. The van der Waals surface area contributed by atoms with E-state index in [9.17, 15) is 9.59 Å². The molecule has 2 aliphatic rings. The lowest BCUT2D eigenvalue weighted by molar-refractivity contribution is -0.123. The number of carbonyl (C=O) groups is 2. The first-order valence-electron chi connectivity index (χ1n) is 9.91. The number of ether oxygens (including phenoxy) is 1. The number of nitrogens with zero attached hydrogens (tertiary/aromatic N) is 3. The van der Waals surface area contributed by atoms with Gasteiger partial charge in [0.05, 0.1) is 24.8 Å². The predicted octanol–water partition coefficient (Wildman–Crippen LogP) is 3.19. The topological polar surface area (TPSA) is 53.1 Å². The van der Waals surface area contributed by atoms with Crippen molar-refractivity contribution in [3.8, 4) is 5.75 Å². The molecular formula is C22H24ClN3O3. The van der Waals surface area contributed by atoms with Crippen LogP contribution in [-0.4, -0.2) is 55.5 Å². The molecule has 0 aliphatic carbocycles. The Labute approximate surface area is 175 Å². The Morgan fingerprint density at radius 2 is 1.72 bits per heavy atom. The third kappa shape index (κ3) is 4.09. The van der Waals surface area contributed by atoms with Crippen LogP contribution in [0.4, 0.5) is 11.4 Å². The number of imide groups is 1. The third-order valence-corrected chi connectivity index (χ3v) is 5.71. The zero-order valence-electron chi connectivity index (χ0n) is 16.4. The van der Waals surface area contributed by atoms with Crippen molar-refractivity contribution in [1.82, 2.24) is 4.90 Å². The molecule has 4 rings (SSSR count). The number of amides is 2. The minimum atomic E-state index is -0.398. The average molecular weight is 414 g/mol. The Kier molecular flexibility index (Phi) is 5.74. The Morgan fingerprint density at radius 3 is 2.41 bits per heavy atom. The van der Waals surface area contributed by atoms with Gasteiger partial charge in [-0.2, -0.15) is 0 Å². The third-order valence-electron chi connectivity index (χ3n) is 5.46. The molecule has 29 heavy (non-hydrogen) atoms. The van der Waals surface area contributed by atoms with Gasteiger partial charge < -0.3 is 9.64 Å². The van der Waals surface area contributed by atoms with Gasteiger partial charge in [-0.1, -0.05) is 17.7 Å². The number of piperazine rings is 1. The van der Waals surface area contributed by atoms with Crippen LogP contribution in [0, 0.1) is 0 Å². The normalized spacial score (nSPS) is 20.4. The fraction of sp³-hybridized carbons (Fsp3) is 0.364.